The third-order valence-corrected chi connectivity index (χ3v) is 3.37. The average molecular weight is 269 g/mol. The first-order valence-corrected chi connectivity index (χ1v) is 5.63. The summed E-state index contributed by atoms with van der Waals surface area (Å²) in [4.78, 5) is 0. The van der Waals surface area contributed by atoms with Gasteiger partial charge in [-0.1, -0.05) is 16.8 Å². The van der Waals surface area contributed by atoms with E-state index in [1.54, 1.807) is 13.8 Å². The number of aromatic hydroxyl groups is 1. The third kappa shape index (κ3) is 1.76. The van der Waals surface area contributed by atoms with E-state index in [0.29, 0.717) is 33.2 Å². The zero-order chi connectivity index (χ0) is 13.4. The van der Waals surface area contributed by atoms with Crippen LogP contribution in [-0.4, -0.2) is 17.4 Å². The highest BCUT2D eigenvalue weighted by Crippen LogP contribution is 2.46. The van der Waals surface area contributed by atoms with Crippen molar-refractivity contribution < 1.29 is 14.4 Å². The van der Waals surface area contributed by atoms with Crippen molar-refractivity contribution in [3.05, 3.63) is 22.2 Å². The standard InChI is InChI=1S/C12H13ClN2O3/c1-5-9(7-4-8(14)15-18-7)11(16)12(17-3)6(2)10(5)13/h4,16H,1-3H3,(H2,14,15). The molecule has 18 heavy (non-hydrogen) atoms. The number of methoxy groups -OCH3 is 1. The Kier molecular flexibility index (Phi) is 3.09. The number of rotatable bonds is 2. The lowest BCUT2D eigenvalue weighted by molar-refractivity contribution is 0.369. The molecule has 3 N–H and O–H groups in total. The number of hydrogen-bond acceptors (Lipinski definition) is 5. The van der Waals surface area contributed by atoms with E-state index in [1.165, 1.54) is 13.2 Å². The number of benzene rings is 1. The number of nitrogen functional groups attached to an aromatic ring is 1. The maximum Gasteiger partial charge on any atom is 0.173 e. The summed E-state index contributed by atoms with van der Waals surface area (Å²) >= 11 is 6.21. The SMILES string of the molecule is COc1c(C)c(Cl)c(C)c(-c2cc(N)no2)c1O. The zero-order valence-corrected chi connectivity index (χ0v) is 11.0. The summed E-state index contributed by atoms with van der Waals surface area (Å²) in [6, 6.07) is 1.52. The van der Waals surface area contributed by atoms with Gasteiger partial charge in [-0.2, -0.15) is 0 Å². The van der Waals surface area contributed by atoms with Crippen molar-refractivity contribution in [2.24, 2.45) is 0 Å². The minimum Gasteiger partial charge on any atom is -0.504 e. The molecular formula is C12H13ClN2O3. The maximum atomic E-state index is 10.2. The van der Waals surface area contributed by atoms with E-state index in [2.05, 4.69) is 5.16 Å². The van der Waals surface area contributed by atoms with Crippen molar-refractivity contribution >= 4 is 17.4 Å². The molecule has 2 rings (SSSR count). The summed E-state index contributed by atoms with van der Waals surface area (Å²) in [7, 11) is 1.46. The van der Waals surface area contributed by atoms with E-state index < -0.39 is 0 Å². The monoisotopic (exact) mass is 268 g/mol. The molecule has 0 amide bonds. The molecule has 0 aliphatic heterocycles. The second kappa shape index (κ2) is 4.42. The molecule has 6 heteroatoms. The highest BCUT2D eigenvalue weighted by Gasteiger charge is 2.22. The molecule has 2 aromatic rings. The largest absolute Gasteiger partial charge is 0.504 e. The molecule has 1 aromatic heterocycles. The number of hydrogen-bond donors (Lipinski definition) is 2. The lowest BCUT2D eigenvalue weighted by Gasteiger charge is -2.15. The van der Waals surface area contributed by atoms with Crippen LogP contribution in [0.5, 0.6) is 11.5 Å². The van der Waals surface area contributed by atoms with Crippen molar-refractivity contribution in [3.63, 3.8) is 0 Å². The Bertz CT molecular complexity index is 608. The molecule has 0 aliphatic carbocycles. The van der Waals surface area contributed by atoms with Gasteiger partial charge in [0.25, 0.3) is 0 Å². The van der Waals surface area contributed by atoms with Crippen LogP contribution in [0.4, 0.5) is 5.82 Å². The van der Waals surface area contributed by atoms with Gasteiger partial charge in [0.15, 0.2) is 23.1 Å². The van der Waals surface area contributed by atoms with Gasteiger partial charge in [-0.3, -0.25) is 0 Å². The van der Waals surface area contributed by atoms with Crippen LogP contribution in [-0.2, 0) is 0 Å². The second-order valence-corrected chi connectivity index (χ2v) is 4.31. The average Bonchev–Trinajstić information content (AvgIpc) is 2.74. The van der Waals surface area contributed by atoms with Gasteiger partial charge in [0.2, 0.25) is 0 Å². The number of nitrogens with zero attached hydrogens (tertiary/aromatic N) is 1. The summed E-state index contributed by atoms with van der Waals surface area (Å²) < 4.78 is 10.2. The molecule has 0 spiro atoms. The van der Waals surface area contributed by atoms with Gasteiger partial charge in [0, 0.05) is 11.6 Å². The zero-order valence-electron chi connectivity index (χ0n) is 10.2. The number of ether oxygens (including phenoxy) is 1. The molecule has 0 bridgehead atoms. The molecule has 1 aromatic carbocycles. The van der Waals surface area contributed by atoms with Crippen LogP contribution >= 0.6 is 11.6 Å². The molecular weight excluding hydrogens is 256 g/mol. The minimum atomic E-state index is -0.0342. The number of anilines is 1. The van der Waals surface area contributed by atoms with Crippen molar-refractivity contribution in [1.82, 2.24) is 5.16 Å². The first-order valence-electron chi connectivity index (χ1n) is 5.25. The molecule has 0 unspecified atom stereocenters. The number of phenolic OH excluding ortho intramolecular Hbond substituents is 1. The van der Waals surface area contributed by atoms with Gasteiger partial charge in [-0.25, -0.2) is 0 Å². The van der Waals surface area contributed by atoms with Crippen LogP contribution < -0.4 is 10.5 Å². The topological polar surface area (TPSA) is 81.5 Å². The van der Waals surface area contributed by atoms with Crippen molar-refractivity contribution in [2.45, 2.75) is 13.8 Å². The highest BCUT2D eigenvalue weighted by molar-refractivity contribution is 6.33. The summed E-state index contributed by atoms with van der Waals surface area (Å²) in [5.74, 6) is 0.866. The van der Waals surface area contributed by atoms with Gasteiger partial charge in [0.1, 0.15) is 0 Å². The lowest BCUT2D eigenvalue weighted by atomic mass is 10.0. The second-order valence-electron chi connectivity index (χ2n) is 3.94. The summed E-state index contributed by atoms with van der Waals surface area (Å²) in [6.45, 7) is 3.55. The number of halogens is 1. The van der Waals surface area contributed by atoms with Crippen molar-refractivity contribution in [2.75, 3.05) is 12.8 Å². The van der Waals surface area contributed by atoms with Crippen LogP contribution in [0.2, 0.25) is 5.02 Å². The first-order chi connectivity index (χ1) is 8.47. The summed E-state index contributed by atoms with van der Waals surface area (Å²) in [5.41, 5.74) is 7.30. The third-order valence-electron chi connectivity index (χ3n) is 2.80. The molecule has 1 heterocycles. The van der Waals surface area contributed by atoms with Crippen LogP contribution in [0.15, 0.2) is 10.6 Å². The molecule has 0 radical (unpaired) electrons. The highest BCUT2D eigenvalue weighted by atomic mass is 35.5. The van der Waals surface area contributed by atoms with E-state index in [9.17, 15) is 5.11 Å². The van der Waals surface area contributed by atoms with Crippen LogP contribution in [0.3, 0.4) is 0 Å². The van der Waals surface area contributed by atoms with Gasteiger partial charge in [0.05, 0.1) is 17.7 Å². The van der Waals surface area contributed by atoms with E-state index in [4.69, 9.17) is 26.6 Å². The smallest absolute Gasteiger partial charge is 0.173 e. The summed E-state index contributed by atoms with van der Waals surface area (Å²) in [5, 5.41) is 14.3. The fourth-order valence-electron chi connectivity index (χ4n) is 1.92. The molecule has 0 fully saturated rings. The Labute approximate surface area is 109 Å². The fraction of sp³-hybridized carbons (Fsp3) is 0.250. The van der Waals surface area contributed by atoms with Crippen LogP contribution in [0, 0.1) is 13.8 Å². The Balaban J connectivity index is 2.78. The van der Waals surface area contributed by atoms with Gasteiger partial charge >= 0.3 is 0 Å². The Morgan fingerprint density at radius 3 is 2.56 bits per heavy atom. The molecule has 0 aliphatic rings. The predicted molar refractivity (Wildman–Crippen MR) is 69.1 cm³/mol. The number of nitrogens with two attached hydrogens (primary N) is 1. The number of aromatic nitrogens is 1. The van der Waals surface area contributed by atoms with E-state index in [0.717, 1.165) is 0 Å². The maximum absolute atomic E-state index is 10.2. The van der Waals surface area contributed by atoms with Gasteiger partial charge in [-0.05, 0) is 19.4 Å². The first kappa shape index (κ1) is 12.6. The minimum absolute atomic E-state index is 0.0342. The molecule has 0 saturated carbocycles. The normalized spacial score (nSPS) is 10.7. The van der Waals surface area contributed by atoms with Crippen LogP contribution in [0.25, 0.3) is 11.3 Å². The van der Waals surface area contributed by atoms with E-state index in [-0.39, 0.29) is 11.6 Å². The predicted octanol–water partition coefficient (Wildman–Crippen LogP) is 2.91. The molecule has 5 nitrogen and oxygen atoms in total. The van der Waals surface area contributed by atoms with Crippen molar-refractivity contribution in [1.29, 1.82) is 0 Å². The van der Waals surface area contributed by atoms with E-state index >= 15 is 0 Å². The van der Waals surface area contributed by atoms with Crippen molar-refractivity contribution in [3.8, 4) is 22.8 Å². The summed E-state index contributed by atoms with van der Waals surface area (Å²) in [6.07, 6.45) is 0. The van der Waals surface area contributed by atoms with Gasteiger partial charge in [-0.15, -0.1) is 0 Å². The Morgan fingerprint density at radius 1 is 1.39 bits per heavy atom. The molecule has 0 saturated heterocycles. The quantitative estimate of drug-likeness (QED) is 0.875. The lowest BCUT2D eigenvalue weighted by Crippen LogP contribution is -1.94. The van der Waals surface area contributed by atoms with E-state index in [1.807, 2.05) is 0 Å². The Hall–Kier alpha value is -1.88. The molecule has 0 atom stereocenters. The van der Waals surface area contributed by atoms with Crippen LogP contribution in [0.1, 0.15) is 11.1 Å². The fourth-order valence-corrected chi connectivity index (χ4v) is 2.10. The Morgan fingerprint density at radius 2 is 2.06 bits per heavy atom. The molecule has 96 valence electrons. The van der Waals surface area contributed by atoms with Gasteiger partial charge < -0.3 is 20.1 Å². The number of phenols is 1.